The molecule has 2 fully saturated rings. The minimum atomic E-state index is 0.364. The average molecular weight is 250 g/mol. The molecule has 0 aromatic heterocycles. The molecule has 4 rings (SSSR count). The van der Waals surface area contributed by atoms with Crippen molar-refractivity contribution in [1.29, 1.82) is 0 Å². The summed E-state index contributed by atoms with van der Waals surface area (Å²) in [7, 11) is 0. The maximum absolute atomic E-state index is 5.73. The Morgan fingerprint density at radius 1 is 0.895 bits per heavy atom. The van der Waals surface area contributed by atoms with E-state index in [-0.39, 0.29) is 0 Å². The minimum absolute atomic E-state index is 0.364. The molecule has 0 radical (unpaired) electrons. The van der Waals surface area contributed by atoms with E-state index in [1.165, 1.54) is 17.5 Å². The van der Waals surface area contributed by atoms with Gasteiger partial charge in [0.2, 0.25) is 0 Å². The lowest BCUT2D eigenvalue weighted by molar-refractivity contribution is 0.142. The molecule has 1 saturated carbocycles. The first-order chi connectivity index (χ1) is 9.40. The standard InChI is InChI=1S/C18H18O/c1-3-7-14(8-4-1)17(15-9-5-2-6-10-15)18-11-16(18)12-19-13-18/h1-10,16-17H,11-13H2. The third-order valence-corrected chi connectivity index (χ3v) is 4.81. The van der Waals surface area contributed by atoms with Crippen molar-refractivity contribution in [3.63, 3.8) is 0 Å². The van der Waals surface area contributed by atoms with Gasteiger partial charge >= 0.3 is 0 Å². The van der Waals surface area contributed by atoms with Gasteiger partial charge in [0, 0.05) is 11.3 Å². The van der Waals surface area contributed by atoms with E-state index in [0.29, 0.717) is 11.3 Å². The Morgan fingerprint density at radius 2 is 1.47 bits per heavy atom. The van der Waals surface area contributed by atoms with Crippen LogP contribution in [0.3, 0.4) is 0 Å². The van der Waals surface area contributed by atoms with E-state index < -0.39 is 0 Å². The summed E-state index contributed by atoms with van der Waals surface area (Å²) >= 11 is 0. The number of hydrogen-bond acceptors (Lipinski definition) is 1. The Morgan fingerprint density at radius 3 is 1.89 bits per heavy atom. The second kappa shape index (κ2) is 4.21. The van der Waals surface area contributed by atoms with Crippen molar-refractivity contribution in [2.75, 3.05) is 13.2 Å². The monoisotopic (exact) mass is 250 g/mol. The maximum atomic E-state index is 5.73. The minimum Gasteiger partial charge on any atom is -0.381 e. The van der Waals surface area contributed by atoms with Crippen molar-refractivity contribution in [3.05, 3.63) is 71.8 Å². The first kappa shape index (κ1) is 11.2. The molecule has 2 atom stereocenters. The third-order valence-electron chi connectivity index (χ3n) is 4.81. The molecule has 2 aromatic rings. The Kier molecular flexibility index (Phi) is 2.49. The van der Waals surface area contributed by atoms with Gasteiger partial charge in [0.1, 0.15) is 0 Å². The molecule has 2 aromatic carbocycles. The smallest absolute Gasteiger partial charge is 0.0535 e. The van der Waals surface area contributed by atoms with E-state index in [4.69, 9.17) is 4.74 Å². The van der Waals surface area contributed by atoms with Gasteiger partial charge in [-0.15, -0.1) is 0 Å². The van der Waals surface area contributed by atoms with E-state index in [0.717, 1.165) is 19.1 Å². The fourth-order valence-electron chi connectivity index (χ4n) is 3.78. The lowest BCUT2D eigenvalue weighted by Crippen LogP contribution is -2.19. The summed E-state index contributed by atoms with van der Waals surface area (Å²) in [5.74, 6) is 1.25. The fourth-order valence-corrected chi connectivity index (χ4v) is 3.78. The number of ether oxygens (including phenoxy) is 1. The normalized spacial score (nSPS) is 28.4. The lowest BCUT2D eigenvalue weighted by Gasteiger charge is -2.26. The van der Waals surface area contributed by atoms with E-state index in [9.17, 15) is 0 Å². The molecule has 1 saturated heterocycles. The number of hydrogen-bond donors (Lipinski definition) is 0. The zero-order chi connectivity index (χ0) is 12.7. The van der Waals surface area contributed by atoms with Crippen LogP contribution in [0, 0.1) is 11.3 Å². The molecule has 0 N–H and O–H groups in total. The van der Waals surface area contributed by atoms with Gasteiger partial charge in [0.15, 0.2) is 0 Å². The average Bonchev–Trinajstić information content (AvgIpc) is 3.02. The van der Waals surface area contributed by atoms with Crippen LogP contribution in [-0.2, 0) is 4.74 Å². The zero-order valence-corrected chi connectivity index (χ0v) is 11.0. The predicted octanol–water partition coefficient (Wildman–Crippen LogP) is 3.86. The van der Waals surface area contributed by atoms with Gasteiger partial charge in [-0.3, -0.25) is 0 Å². The second-order valence-electron chi connectivity index (χ2n) is 5.90. The first-order valence-corrected chi connectivity index (χ1v) is 7.08. The van der Waals surface area contributed by atoms with Crippen molar-refractivity contribution in [2.24, 2.45) is 11.3 Å². The van der Waals surface area contributed by atoms with Gasteiger partial charge < -0.3 is 4.74 Å². The number of fused-ring (bicyclic) bond motifs is 1. The highest BCUT2D eigenvalue weighted by molar-refractivity contribution is 5.38. The summed E-state index contributed by atoms with van der Waals surface area (Å²) in [6.45, 7) is 1.88. The van der Waals surface area contributed by atoms with Crippen LogP contribution < -0.4 is 0 Å². The summed E-state index contributed by atoms with van der Waals surface area (Å²) in [6, 6.07) is 21.8. The summed E-state index contributed by atoms with van der Waals surface area (Å²) in [5.41, 5.74) is 3.23. The number of benzene rings is 2. The van der Waals surface area contributed by atoms with Crippen molar-refractivity contribution in [2.45, 2.75) is 12.3 Å². The van der Waals surface area contributed by atoms with Gasteiger partial charge in [0.25, 0.3) is 0 Å². The molecular formula is C18H18O. The second-order valence-corrected chi connectivity index (χ2v) is 5.90. The summed E-state index contributed by atoms with van der Waals surface area (Å²) in [6.07, 6.45) is 1.32. The van der Waals surface area contributed by atoms with Crippen molar-refractivity contribution in [3.8, 4) is 0 Å². The molecule has 2 aliphatic rings. The summed E-state index contributed by atoms with van der Waals surface area (Å²) in [5, 5.41) is 0. The topological polar surface area (TPSA) is 9.23 Å². The predicted molar refractivity (Wildman–Crippen MR) is 76.1 cm³/mol. The van der Waals surface area contributed by atoms with Crippen LogP contribution in [0.15, 0.2) is 60.7 Å². The molecule has 0 amide bonds. The van der Waals surface area contributed by atoms with Crippen LogP contribution in [0.2, 0.25) is 0 Å². The molecule has 2 unspecified atom stereocenters. The van der Waals surface area contributed by atoms with Crippen LogP contribution >= 0.6 is 0 Å². The van der Waals surface area contributed by atoms with E-state index in [1.807, 2.05) is 0 Å². The molecular weight excluding hydrogens is 232 g/mol. The molecule has 19 heavy (non-hydrogen) atoms. The highest BCUT2D eigenvalue weighted by Gasteiger charge is 2.62. The fraction of sp³-hybridized carbons (Fsp3) is 0.333. The van der Waals surface area contributed by atoms with Crippen molar-refractivity contribution >= 4 is 0 Å². The van der Waals surface area contributed by atoms with Crippen LogP contribution in [0.25, 0.3) is 0 Å². The first-order valence-electron chi connectivity index (χ1n) is 7.08. The quantitative estimate of drug-likeness (QED) is 0.804. The molecule has 1 aliphatic heterocycles. The summed E-state index contributed by atoms with van der Waals surface area (Å²) < 4.78 is 5.73. The van der Waals surface area contributed by atoms with Gasteiger partial charge in [-0.25, -0.2) is 0 Å². The molecule has 0 spiro atoms. The Hall–Kier alpha value is -1.60. The zero-order valence-electron chi connectivity index (χ0n) is 11.0. The SMILES string of the molecule is c1ccc(C(c2ccccc2)C23COCC2C3)cc1. The van der Waals surface area contributed by atoms with Crippen LogP contribution in [0.4, 0.5) is 0 Å². The van der Waals surface area contributed by atoms with Crippen LogP contribution in [-0.4, -0.2) is 13.2 Å². The van der Waals surface area contributed by atoms with Gasteiger partial charge in [0.05, 0.1) is 13.2 Å². The van der Waals surface area contributed by atoms with Gasteiger partial charge in [-0.05, 0) is 23.5 Å². The van der Waals surface area contributed by atoms with E-state index in [2.05, 4.69) is 60.7 Å². The lowest BCUT2D eigenvalue weighted by atomic mass is 9.78. The van der Waals surface area contributed by atoms with Gasteiger partial charge in [-0.1, -0.05) is 60.7 Å². The van der Waals surface area contributed by atoms with Crippen molar-refractivity contribution in [1.82, 2.24) is 0 Å². The Balaban J connectivity index is 1.81. The number of rotatable bonds is 3. The van der Waals surface area contributed by atoms with Gasteiger partial charge in [-0.2, -0.15) is 0 Å². The third kappa shape index (κ3) is 1.73. The van der Waals surface area contributed by atoms with Crippen molar-refractivity contribution < 1.29 is 4.74 Å². The van der Waals surface area contributed by atoms with Crippen LogP contribution in [0.1, 0.15) is 23.5 Å². The Bertz CT molecular complexity index is 523. The molecule has 0 bridgehead atoms. The van der Waals surface area contributed by atoms with E-state index in [1.54, 1.807) is 0 Å². The van der Waals surface area contributed by atoms with Crippen LogP contribution in [0.5, 0.6) is 0 Å². The molecule has 1 heteroatoms. The summed E-state index contributed by atoms with van der Waals surface area (Å²) in [4.78, 5) is 0. The highest BCUT2D eigenvalue weighted by atomic mass is 16.5. The molecule has 1 aliphatic carbocycles. The molecule has 1 nitrogen and oxygen atoms in total. The maximum Gasteiger partial charge on any atom is 0.0535 e. The Labute approximate surface area is 114 Å². The van der Waals surface area contributed by atoms with E-state index >= 15 is 0 Å². The molecule has 96 valence electrons. The largest absolute Gasteiger partial charge is 0.381 e. The highest BCUT2D eigenvalue weighted by Crippen LogP contribution is 2.66. The molecule has 1 heterocycles.